The molecule has 0 radical (unpaired) electrons. The predicted molar refractivity (Wildman–Crippen MR) is 74.0 cm³/mol. The molecule has 94 valence electrons. The summed E-state index contributed by atoms with van der Waals surface area (Å²) in [6, 6.07) is 8.25. The van der Waals surface area contributed by atoms with Crippen LogP contribution in [0, 0.1) is 5.41 Å². The fraction of sp³-hybridized carbons (Fsp3) is 0.571. The fourth-order valence-corrected chi connectivity index (χ4v) is 2.66. The van der Waals surface area contributed by atoms with Gasteiger partial charge in [0.25, 0.3) is 0 Å². The Morgan fingerprint density at radius 3 is 2.88 bits per heavy atom. The molecule has 1 saturated heterocycles. The Kier molecular flexibility index (Phi) is 4.23. The molecule has 1 aliphatic rings. The van der Waals surface area contributed by atoms with Crippen LogP contribution in [0.1, 0.15) is 25.8 Å². The summed E-state index contributed by atoms with van der Waals surface area (Å²) in [6.07, 6.45) is 1.44. The van der Waals surface area contributed by atoms with Crippen LogP contribution in [0.2, 0.25) is 0 Å². The normalized spacial score (nSPS) is 23.6. The van der Waals surface area contributed by atoms with Gasteiger partial charge in [-0.1, -0.05) is 48.0 Å². The van der Waals surface area contributed by atoms with Gasteiger partial charge in [-0.2, -0.15) is 0 Å². The zero-order valence-corrected chi connectivity index (χ0v) is 12.1. The summed E-state index contributed by atoms with van der Waals surface area (Å²) in [4.78, 5) is 0. The Labute approximate surface area is 112 Å². The number of halogens is 1. The Morgan fingerprint density at radius 2 is 2.18 bits per heavy atom. The van der Waals surface area contributed by atoms with Crippen molar-refractivity contribution in [3.05, 3.63) is 34.3 Å². The minimum absolute atomic E-state index is 0.222. The molecular formula is C14H20BrNO. The quantitative estimate of drug-likeness (QED) is 0.924. The van der Waals surface area contributed by atoms with Gasteiger partial charge in [-0.15, -0.1) is 0 Å². The molecule has 0 aliphatic carbocycles. The summed E-state index contributed by atoms with van der Waals surface area (Å²) in [7, 11) is 0. The molecule has 17 heavy (non-hydrogen) atoms. The van der Waals surface area contributed by atoms with E-state index in [2.05, 4.69) is 53.3 Å². The maximum absolute atomic E-state index is 6.10. The van der Waals surface area contributed by atoms with Crippen molar-refractivity contribution in [3.8, 4) is 0 Å². The molecule has 1 aromatic carbocycles. The van der Waals surface area contributed by atoms with Crippen molar-refractivity contribution in [2.75, 3.05) is 13.1 Å². The van der Waals surface area contributed by atoms with E-state index >= 15 is 0 Å². The van der Waals surface area contributed by atoms with E-state index in [1.807, 2.05) is 6.07 Å². The molecule has 0 spiro atoms. The monoisotopic (exact) mass is 297 g/mol. The third-order valence-electron chi connectivity index (χ3n) is 3.43. The highest BCUT2D eigenvalue weighted by molar-refractivity contribution is 9.10. The Hall–Kier alpha value is -0.380. The van der Waals surface area contributed by atoms with Crippen molar-refractivity contribution in [2.24, 2.45) is 5.41 Å². The Morgan fingerprint density at radius 1 is 1.41 bits per heavy atom. The van der Waals surface area contributed by atoms with Crippen molar-refractivity contribution in [3.63, 3.8) is 0 Å². The predicted octanol–water partition coefficient (Wildman–Crippen LogP) is 3.35. The van der Waals surface area contributed by atoms with Crippen LogP contribution in [-0.2, 0) is 11.3 Å². The molecule has 2 nitrogen and oxygen atoms in total. The number of hydrogen-bond acceptors (Lipinski definition) is 2. The molecule has 1 fully saturated rings. The van der Waals surface area contributed by atoms with Gasteiger partial charge in [-0.05, 0) is 24.6 Å². The fourth-order valence-electron chi connectivity index (χ4n) is 2.26. The highest BCUT2D eigenvalue weighted by Gasteiger charge is 2.32. The molecule has 0 saturated carbocycles. The third-order valence-corrected chi connectivity index (χ3v) is 4.21. The van der Waals surface area contributed by atoms with E-state index < -0.39 is 0 Å². The van der Waals surface area contributed by atoms with E-state index in [0.717, 1.165) is 24.0 Å². The van der Waals surface area contributed by atoms with Crippen LogP contribution >= 0.6 is 15.9 Å². The number of rotatable bonds is 3. The number of nitrogens with one attached hydrogen (secondary N) is 1. The topological polar surface area (TPSA) is 21.3 Å². The SMILES string of the molecule is CC1(C)CNCCC1OCc1ccccc1Br. The van der Waals surface area contributed by atoms with E-state index in [-0.39, 0.29) is 5.41 Å². The van der Waals surface area contributed by atoms with Crippen LogP contribution in [-0.4, -0.2) is 19.2 Å². The van der Waals surface area contributed by atoms with Gasteiger partial charge in [-0.25, -0.2) is 0 Å². The molecule has 0 bridgehead atoms. The zero-order chi connectivity index (χ0) is 12.3. The maximum atomic E-state index is 6.10. The molecule has 1 N–H and O–H groups in total. The first-order valence-electron chi connectivity index (χ1n) is 6.15. The number of hydrogen-bond donors (Lipinski definition) is 1. The van der Waals surface area contributed by atoms with Crippen molar-refractivity contribution >= 4 is 15.9 Å². The van der Waals surface area contributed by atoms with Gasteiger partial charge in [0.05, 0.1) is 12.7 Å². The Bertz CT molecular complexity index is 378. The van der Waals surface area contributed by atoms with Gasteiger partial charge in [0.2, 0.25) is 0 Å². The van der Waals surface area contributed by atoms with Crippen LogP contribution in [0.3, 0.4) is 0 Å². The van der Waals surface area contributed by atoms with Gasteiger partial charge < -0.3 is 10.1 Å². The summed E-state index contributed by atoms with van der Waals surface area (Å²) in [6.45, 7) is 7.32. The second-order valence-corrected chi connectivity index (χ2v) is 6.20. The second-order valence-electron chi connectivity index (χ2n) is 5.35. The summed E-state index contributed by atoms with van der Waals surface area (Å²) in [5.41, 5.74) is 1.45. The van der Waals surface area contributed by atoms with Crippen LogP contribution in [0.15, 0.2) is 28.7 Å². The molecule has 1 heterocycles. The summed E-state index contributed by atoms with van der Waals surface area (Å²) < 4.78 is 7.23. The molecule has 2 rings (SSSR count). The minimum atomic E-state index is 0.222. The van der Waals surface area contributed by atoms with Gasteiger partial charge >= 0.3 is 0 Å². The second kappa shape index (κ2) is 5.51. The van der Waals surface area contributed by atoms with E-state index in [1.54, 1.807) is 0 Å². The smallest absolute Gasteiger partial charge is 0.0731 e. The van der Waals surface area contributed by atoms with Crippen molar-refractivity contribution in [1.29, 1.82) is 0 Å². The Balaban J connectivity index is 1.96. The van der Waals surface area contributed by atoms with Crippen molar-refractivity contribution in [1.82, 2.24) is 5.32 Å². The van der Waals surface area contributed by atoms with E-state index in [9.17, 15) is 0 Å². The number of ether oxygens (including phenoxy) is 1. The average molecular weight is 298 g/mol. The van der Waals surface area contributed by atoms with E-state index in [0.29, 0.717) is 12.7 Å². The summed E-state index contributed by atoms with van der Waals surface area (Å²) >= 11 is 3.56. The summed E-state index contributed by atoms with van der Waals surface area (Å²) in [5.74, 6) is 0. The van der Waals surface area contributed by atoms with Crippen molar-refractivity contribution < 1.29 is 4.74 Å². The van der Waals surface area contributed by atoms with Gasteiger partial charge in [0.15, 0.2) is 0 Å². The first kappa shape index (κ1) is 13.1. The highest BCUT2D eigenvalue weighted by Crippen LogP contribution is 2.29. The van der Waals surface area contributed by atoms with Crippen LogP contribution < -0.4 is 5.32 Å². The molecule has 1 aromatic rings. The largest absolute Gasteiger partial charge is 0.373 e. The lowest BCUT2D eigenvalue weighted by molar-refractivity contribution is -0.0521. The van der Waals surface area contributed by atoms with Gasteiger partial charge in [0, 0.05) is 16.4 Å². The lowest BCUT2D eigenvalue weighted by Gasteiger charge is -2.38. The third kappa shape index (κ3) is 3.30. The van der Waals surface area contributed by atoms with Gasteiger partial charge in [0.1, 0.15) is 0 Å². The highest BCUT2D eigenvalue weighted by atomic mass is 79.9. The van der Waals surface area contributed by atoms with Crippen LogP contribution in [0.5, 0.6) is 0 Å². The lowest BCUT2D eigenvalue weighted by Crippen LogP contribution is -2.47. The first-order chi connectivity index (χ1) is 8.09. The lowest BCUT2D eigenvalue weighted by atomic mass is 9.82. The molecule has 1 atom stereocenters. The maximum Gasteiger partial charge on any atom is 0.0731 e. The number of piperidine rings is 1. The first-order valence-corrected chi connectivity index (χ1v) is 6.94. The molecule has 1 unspecified atom stereocenters. The van der Waals surface area contributed by atoms with Crippen LogP contribution in [0.25, 0.3) is 0 Å². The van der Waals surface area contributed by atoms with Gasteiger partial charge in [-0.3, -0.25) is 0 Å². The van der Waals surface area contributed by atoms with E-state index in [4.69, 9.17) is 4.74 Å². The van der Waals surface area contributed by atoms with E-state index in [1.165, 1.54) is 5.56 Å². The summed E-state index contributed by atoms with van der Waals surface area (Å²) in [5, 5.41) is 3.43. The van der Waals surface area contributed by atoms with Crippen LogP contribution in [0.4, 0.5) is 0 Å². The minimum Gasteiger partial charge on any atom is -0.373 e. The molecule has 0 aromatic heterocycles. The van der Waals surface area contributed by atoms with Crippen molar-refractivity contribution in [2.45, 2.75) is 33.0 Å². The molecular weight excluding hydrogens is 278 g/mol. The zero-order valence-electron chi connectivity index (χ0n) is 10.5. The molecule has 0 amide bonds. The average Bonchev–Trinajstić information content (AvgIpc) is 2.29. The molecule has 1 aliphatic heterocycles. The molecule has 3 heteroatoms. The number of benzene rings is 1. The standard InChI is InChI=1S/C14H20BrNO/c1-14(2)10-16-8-7-13(14)17-9-11-5-3-4-6-12(11)15/h3-6,13,16H,7-10H2,1-2H3.